The monoisotopic (exact) mass is 389 g/mol. The Morgan fingerprint density at radius 2 is 1.79 bits per heavy atom. The molecule has 0 aliphatic heterocycles. The Morgan fingerprint density at radius 3 is 2.59 bits per heavy atom. The van der Waals surface area contributed by atoms with Crippen LogP contribution in [0.3, 0.4) is 0 Å². The lowest BCUT2D eigenvalue weighted by Gasteiger charge is -2.13. The molecule has 1 saturated carbocycles. The smallest absolute Gasteiger partial charge is 0.213 e. The largest absolute Gasteiger partial charge is 0.489 e. The number of pyridine rings is 2. The van der Waals surface area contributed by atoms with Crippen LogP contribution >= 0.6 is 0 Å². The molecule has 29 heavy (non-hydrogen) atoms. The van der Waals surface area contributed by atoms with Crippen molar-refractivity contribution in [2.75, 3.05) is 0 Å². The number of hydrogen-bond donors (Lipinski definition) is 1. The van der Waals surface area contributed by atoms with E-state index in [0.29, 0.717) is 12.7 Å². The Labute approximate surface area is 172 Å². The zero-order valence-electron chi connectivity index (χ0n) is 16.6. The molecule has 3 aromatic rings. The van der Waals surface area contributed by atoms with E-state index in [4.69, 9.17) is 9.47 Å². The summed E-state index contributed by atoms with van der Waals surface area (Å²) < 4.78 is 11.9. The van der Waals surface area contributed by atoms with E-state index in [1.165, 1.54) is 12.8 Å². The first kappa shape index (κ1) is 19.4. The van der Waals surface area contributed by atoms with Crippen LogP contribution in [-0.4, -0.2) is 16.1 Å². The van der Waals surface area contributed by atoms with Crippen LogP contribution in [0.5, 0.6) is 11.6 Å². The highest BCUT2D eigenvalue weighted by Gasteiger charge is 2.16. The fourth-order valence-corrected chi connectivity index (χ4v) is 3.54. The molecule has 2 heterocycles. The number of nitrogens with one attached hydrogen (secondary N) is 1. The maximum absolute atomic E-state index is 6.00. The van der Waals surface area contributed by atoms with Gasteiger partial charge >= 0.3 is 0 Å². The minimum Gasteiger partial charge on any atom is -0.489 e. The summed E-state index contributed by atoms with van der Waals surface area (Å²) in [4.78, 5) is 8.59. The Morgan fingerprint density at radius 1 is 0.897 bits per heavy atom. The second-order valence-corrected chi connectivity index (χ2v) is 7.39. The molecule has 1 aliphatic carbocycles. The average molecular weight is 389 g/mol. The van der Waals surface area contributed by atoms with Crippen molar-refractivity contribution in [3.63, 3.8) is 0 Å². The van der Waals surface area contributed by atoms with Crippen molar-refractivity contribution in [1.29, 1.82) is 0 Å². The third-order valence-electron chi connectivity index (χ3n) is 5.12. The first-order chi connectivity index (χ1) is 14.4. The van der Waals surface area contributed by atoms with Crippen molar-refractivity contribution in [3.05, 3.63) is 83.8 Å². The molecule has 0 unspecified atom stereocenters. The standard InChI is InChI=1S/C24H27N3O2/c1-4-10-23(28-18-20-6-5-13-25-15-20)21(7-1)17-26-14-19-11-12-24(27-16-19)29-22-8-2-3-9-22/h1,4-7,10-13,15-16,22,26H,2-3,8-9,14,17-18H2. The quantitative estimate of drug-likeness (QED) is 0.576. The molecule has 2 aromatic heterocycles. The molecule has 0 radical (unpaired) electrons. The third kappa shape index (κ3) is 5.78. The van der Waals surface area contributed by atoms with Crippen LogP contribution in [0.15, 0.2) is 67.1 Å². The average Bonchev–Trinajstić information content (AvgIpc) is 3.28. The van der Waals surface area contributed by atoms with Gasteiger partial charge in [-0.3, -0.25) is 4.98 Å². The number of benzene rings is 1. The zero-order valence-corrected chi connectivity index (χ0v) is 16.6. The van der Waals surface area contributed by atoms with Crippen molar-refractivity contribution in [2.45, 2.75) is 51.5 Å². The molecule has 0 atom stereocenters. The highest BCUT2D eigenvalue weighted by molar-refractivity contribution is 5.33. The Bertz CT molecular complexity index is 878. The van der Waals surface area contributed by atoms with E-state index in [0.717, 1.165) is 54.3 Å². The second kappa shape index (κ2) is 10.0. The van der Waals surface area contributed by atoms with E-state index >= 15 is 0 Å². The van der Waals surface area contributed by atoms with E-state index in [-0.39, 0.29) is 0 Å². The molecule has 5 nitrogen and oxygen atoms in total. The molecule has 1 aliphatic rings. The maximum Gasteiger partial charge on any atom is 0.213 e. The van der Waals surface area contributed by atoms with Gasteiger partial charge in [0, 0.05) is 48.9 Å². The summed E-state index contributed by atoms with van der Waals surface area (Å²) >= 11 is 0. The van der Waals surface area contributed by atoms with E-state index in [1.54, 1.807) is 6.20 Å². The number of hydrogen-bond acceptors (Lipinski definition) is 5. The number of para-hydroxylation sites is 1. The van der Waals surface area contributed by atoms with Crippen LogP contribution in [-0.2, 0) is 19.7 Å². The molecule has 0 spiro atoms. The SMILES string of the molecule is c1cncc(COc2ccccc2CNCc2ccc(OC3CCCC3)nc2)c1. The second-order valence-electron chi connectivity index (χ2n) is 7.39. The maximum atomic E-state index is 6.00. The highest BCUT2D eigenvalue weighted by Crippen LogP contribution is 2.23. The van der Waals surface area contributed by atoms with Crippen LogP contribution in [0.1, 0.15) is 42.4 Å². The molecular weight excluding hydrogens is 362 g/mol. The summed E-state index contributed by atoms with van der Waals surface area (Å²) in [6.07, 6.45) is 10.6. The molecule has 150 valence electrons. The number of ether oxygens (including phenoxy) is 2. The summed E-state index contributed by atoms with van der Waals surface area (Å²) in [6.45, 7) is 1.98. The molecule has 4 rings (SSSR count). The van der Waals surface area contributed by atoms with Crippen LogP contribution < -0.4 is 14.8 Å². The number of aromatic nitrogens is 2. The lowest BCUT2D eigenvalue weighted by molar-refractivity contribution is 0.201. The number of rotatable bonds is 9. The third-order valence-corrected chi connectivity index (χ3v) is 5.12. The first-order valence-electron chi connectivity index (χ1n) is 10.3. The Balaban J connectivity index is 1.27. The molecular formula is C24H27N3O2. The predicted octanol–water partition coefficient (Wildman–Crippen LogP) is 4.67. The van der Waals surface area contributed by atoms with E-state index in [9.17, 15) is 0 Å². The van der Waals surface area contributed by atoms with Gasteiger partial charge in [-0.15, -0.1) is 0 Å². The predicted molar refractivity (Wildman–Crippen MR) is 113 cm³/mol. The molecule has 0 saturated heterocycles. The van der Waals surface area contributed by atoms with Gasteiger partial charge in [0.2, 0.25) is 5.88 Å². The summed E-state index contributed by atoms with van der Waals surface area (Å²) in [5.41, 5.74) is 3.32. The van der Waals surface area contributed by atoms with Crippen molar-refractivity contribution in [1.82, 2.24) is 15.3 Å². The van der Waals surface area contributed by atoms with Crippen molar-refractivity contribution in [2.24, 2.45) is 0 Å². The van der Waals surface area contributed by atoms with Crippen LogP contribution in [0, 0.1) is 0 Å². The minimum absolute atomic E-state index is 0.342. The summed E-state index contributed by atoms with van der Waals surface area (Å²) in [5.74, 6) is 1.62. The van der Waals surface area contributed by atoms with Gasteiger partial charge in [-0.05, 0) is 43.4 Å². The highest BCUT2D eigenvalue weighted by atomic mass is 16.5. The molecule has 0 bridgehead atoms. The number of nitrogens with zero attached hydrogens (tertiary/aromatic N) is 2. The lowest BCUT2D eigenvalue weighted by Crippen LogP contribution is -2.14. The van der Waals surface area contributed by atoms with Crippen molar-refractivity contribution >= 4 is 0 Å². The molecule has 1 N–H and O–H groups in total. The minimum atomic E-state index is 0.342. The van der Waals surface area contributed by atoms with Crippen LogP contribution in [0.25, 0.3) is 0 Å². The Kier molecular flexibility index (Phi) is 6.71. The van der Waals surface area contributed by atoms with Gasteiger partial charge in [0.25, 0.3) is 0 Å². The normalized spacial score (nSPS) is 14.1. The van der Waals surface area contributed by atoms with Gasteiger partial charge in [-0.25, -0.2) is 4.98 Å². The molecule has 1 fully saturated rings. The summed E-state index contributed by atoms with van der Waals surface area (Å²) in [7, 11) is 0. The summed E-state index contributed by atoms with van der Waals surface area (Å²) in [5, 5.41) is 3.48. The molecule has 1 aromatic carbocycles. The van der Waals surface area contributed by atoms with Gasteiger partial charge in [-0.2, -0.15) is 0 Å². The first-order valence-corrected chi connectivity index (χ1v) is 10.3. The molecule has 5 heteroatoms. The van der Waals surface area contributed by atoms with Crippen LogP contribution in [0.2, 0.25) is 0 Å². The Hall–Kier alpha value is -2.92. The zero-order chi connectivity index (χ0) is 19.7. The lowest BCUT2D eigenvalue weighted by atomic mass is 10.2. The van der Waals surface area contributed by atoms with Crippen LogP contribution in [0.4, 0.5) is 0 Å². The van der Waals surface area contributed by atoms with Gasteiger partial charge in [0.1, 0.15) is 18.5 Å². The fourth-order valence-electron chi connectivity index (χ4n) is 3.54. The topological polar surface area (TPSA) is 56.3 Å². The fraction of sp³-hybridized carbons (Fsp3) is 0.333. The van der Waals surface area contributed by atoms with Crippen molar-refractivity contribution in [3.8, 4) is 11.6 Å². The van der Waals surface area contributed by atoms with E-state index in [1.807, 2.05) is 48.8 Å². The van der Waals surface area contributed by atoms with Gasteiger partial charge < -0.3 is 14.8 Å². The summed E-state index contributed by atoms with van der Waals surface area (Å²) in [6, 6.07) is 16.1. The van der Waals surface area contributed by atoms with Gasteiger partial charge in [0.15, 0.2) is 0 Å². The van der Waals surface area contributed by atoms with Gasteiger partial charge in [-0.1, -0.05) is 30.3 Å². The van der Waals surface area contributed by atoms with E-state index in [2.05, 4.69) is 27.4 Å². The van der Waals surface area contributed by atoms with E-state index < -0.39 is 0 Å². The molecule has 0 amide bonds. The van der Waals surface area contributed by atoms with Gasteiger partial charge in [0.05, 0.1) is 0 Å². The van der Waals surface area contributed by atoms with Crippen molar-refractivity contribution < 1.29 is 9.47 Å².